The highest BCUT2D eigenvalue weighted by Crippen LogP contribution is 2.34. The second-order valence-electron chi connectivity index (χ2n) is 9.21. The lowest BCUT2D eigenvalue weighted by Crippen LogP contribution is -2.43. The van der Waals surface area contributed by atoms with Gasteiger partial charge in [-0.05, 0) is 44.7 Å². The number of hydrogen-bond acceptors (Lipinski definition) is 4. The number of aryl methyl sites for hydroxylation is 1. The maximum atomic E-state index is 12.4. The summed E-state index contributed by atoms with van der Waals surface area (Å²) in [4.78, 5) is 25.3. The molecule has 0 radical (unpaired) electrons. The Morgan fingerprint density at radius 2 is 1.78 bits per heavy atom. The molecule has 6 nitrogen and oxygen atoms in total. The Kier molecular flexibility index (Phi) is 5.78. The van der Waals surface area contributed by atoms with Crippen molar-refractivity contribution in [2.45, 2.75) is 78.0 Å². The number of ether oxygens (including phenoxy) is 2. The van der Waals surface area contributed by atoms with Crippen LogP contribution in [0.2, 0.25) is 0 Å². The van der Waals surface area contributed by atoms with E-state index in [-0.39, 0.29) is 18.4 Å². The highest BCUT2D eigenvalue weighted by molar-refractivity contribution is 5.81. The molecule has 0 saturated carbocycles. The van der Waals surface area contributed by atoms with Gasteiger partial charge in [-0.25, -0.2) is 9.59 Å². The molecule has 1 aliphatic rings. The molecule has 150 valence electrons. The maximum absolute atomic E-state index is 12.4. The number of hydrogen-bond donors (Lipinski definition) is 1. The molecule has 1 saturated heterocycles. The van der Waals surface area contributed by atoms with E-state index in [2.05, 4.69) is 26.8 Å². The van der Waals surface area contributed by atoms with Crippen LogP contribution in [-0.2, 0) is 14.9 Å². The van der Waals surface area contributed by atoms with Gasteiger partial charge >= 0.3 is 12.1 Å². The second-order valence-corrected chi connectivity index (χ2v) is 9.21. The third-order valence-corrected chi connectivity index (χ3v) is 4.41. The first-order valence-corrected chi connectivity index (χ1v) is 9.28. The molecule has 0 spiro atoms. The number of carboxylic acids is 1. The van der Waals surface area contributed by atoms with Crippen molar-refractivity contribution >= 4 is 12.1 Å². The Balaban J connectivity index is 2.22. The van der Waals surface area contributed by atoms with Gasteiger partial charge in [-0.3, -0.25) is 4.90 Å². The molecule has 1 amide bonds. The molecule has 0 unspecified atom stereocenters. The predicted octanol–water partition coefficient (Wildman–Crippen LogP) is 4.13. The summed E-state index contributed by atoms with van der Waals surface area (Å²) in [5.41, 5.74) is 1.40. The van der Waals surface area contributed by atoms with E-state index in [0.29, 0.717) is 0 Å². The van der Waals surface area contributed by atoms with Crippen molar-refractivity contribution in [1.29, 1.82) is 0 Å². The SMILES string of the molecule is Cc1ccc(O[C@@H]2C[C@H](C(=O)O)N(C(=O)OC(C)(C)C)C2)c(C(C)(C)C)c1. The molecule has 0 bridgehead atoms. The molecule has 1 fully saturated rings. The molecule has 1 aromatic rings. The molecule has 2 rings (SSSR count). The van der Waals surface area contributed by atoms with Crippen LogP contribution in [0.4, 0.5) is 4.79 Å². The smallest absolute Gasteiger partial charge is 0.411 e. The van der Waals surface area contributed by atoms with Crippen molar-refractivity contribution in [2.75, 3.05) is 6.54 Å². The third kappa shape index (κ3) is 5.37. The van der Waals surface area contributed by atoms with Gasteiger partial charge in [-0.1, -0.05) is 38.5 Å². The van der Waals surface area contributed by atoms with E-state index in [9.17, 15) is 14.7 Å². The second kappa shape index (κ2) is 7.41. The first kappa shape index (κ1) is 21.1. The average molecular weight is 377 g/mol. The van der Waals surface area contributed by atoms with Gasteiger partial charge in [0.05, 0.1) is 6.54 Å². The topological polar surface area (TPSA) is 76.1 Å². The standard InChI is InChI=1S/C21H31NO5/c1-13-8-9-17(15(10-13)20(2,3)4)26-14-11-16(18(23)24)22(12-14)19(25)27-21(5,6)7/h8-10,14,16H,11-12H2,1-7H3,(H,23,24)/t14-,16-/m1/s1. The Labute approximate surface area is 161 Å². The van der Waals surface area contributed by atoms with Crippen molar-refractivity contribution in [3.63, 3.8) is 0 Å². The first-order valence-electron chi connectivity index (χ1n) is 9.28. The molecule has 6 heteroatoms. The Morgan fingerprint density at radius 3 is 2.30 bits per heavy atom. The summed E-state index contributed by atoms with van der Waals surface area (Å²) in [5.74, 6) is -0.319. The zero-order valence-electron chi connectivity index (χ0n) is 17.3. The summed E-state index contributed by atoms with van der Waals surface area (Å²) in [6.07, 6.45) is -0.796. The van der Waals surface area contributed by atoms with Gasteiger partial charge in [0.15, 0.2) is 0 Å². The summed E-state index contributed by atoms with van der Waals surface area (Å²) in [6.45, 7) is 13.8. The van der Waals surface area contributed by atoms with Crippen LogP contribution >= 0.6 is 0 Å². The van der Waals surface area contributed by atoms with Crippen LogP contribution in [0, 0.1) is 6.92 Å². The molecule has 27 heavy (non-hydrogen) atoms. The zero-order valence-corrected chi connectivity index (χ0v) is 17.3. The fraction of sp³-hybridized carbons (Fsp3) is 0.619. The fourth-order valence-electron chi connectivity index (χ4n) is 3.15. The van der Waals surface area contributed by atoms with E-state index >= 15 is 0 Å². The van der Waals surface area contributed by atoms with Gasteiger partial charge in [0.1, 0.15) is 23.5 Å². The molecular weight excluding hydrogens is 346 g/mol. The normalized spacial score (nSPS) is 20.5. The van der Waals surface area contributed by atoms with Crippen LogP contribution in [0.3, 0.4) is 0 Å². The van der Waals surface area contributed by atoms with Crippen LogP contribution < -0.4 is 4.74 Å². The minimum Gasteiger partial charge on any atom is -0.488 e. The van der Waals surface area contributed by atoms with Crippen molar-refractivity contribution in [3.8, 4) is 5.75 Å². The van der Waals surface area contributed by atoms with E-state index < -0.39 is 29.8 Å². The van der Waals surface area contributed by atoms with Crippen molar-refractivity contribution in [1.82, 2.24) is 4.90 Å². The molecule has 0 aliphatic carbocycles. The lowest BCUT2D eigenvalue weighted by Gasteiger charge is -2.27. The predicted molar refractivity (Wildman–Crippen MR) is 103 cm³/mol. The monoisotopic (exact) mass is 377 g/mol. The molecular formula is C21H31NO5. The van der Waals surface area contributed by atoms with Crippen LogP contribution in [0.5, 0.6) is 5.75 Å². The highest BCUT2D eigenvalue weighted by atomic mass is 16.6. The van der Waals surface area contributed by atoms with Crippen molar-refractivity contribution in [2.24, 2.45) is 0 Å². The van der Waals surface area contributed by atoms with Gasteiger partial charge in [0, 0.05) is 6.42 Å². The van der Waals surface area contributed by atoms with Gasteiger partial charge in [-0.15, -0.1) is 0 Å². The summed E-state index contributed by atoms with van der Waals surface area (Å²) >= 11 is 0. The quantitative estimate of drug-likeness (QED) is 0.857. The lowest BCUT2D eigenvalue weighted by molar-refractivity contribution is -0.142. The molecule has 1 aliphatic heterocycles. The number of carboxylic acid groups (broad SMARTS) is 1. The number of carbonyl (C=O) groups excluding carboxylic acids is 1. The maximum Gasteiger partial charge on any atom is 0.411 e. The van der Waals surface area contributed by atoms with Gasteiger partial charge in [0.2, 0.25) is 0 Å². The Hall–Kier alpha value is -2.24. The zero-order chi connectivity index (χ0) is 20.6. The van der Waals surface area contributed by atoms with E-state index in [1.807, 2.05) is 19.1 Å². The van der Waals surface area contributed by atoms with E-state index in [0.717, 1.165) is 16.9 Å². The van der Waals surface area contributed by atoms with Crippen LogP contribution in [0.15, 0.2) is 18.2 Å². The third-order valence-electron chi connectivity index (χ3n) is 4.41. The summed E-state index contributed by atoms with van der Waals surface area (Å²) < 4.78 is 11.5. The Morgan fingerprint density at radius 1 is 1.15 bits per heavy atom. The minimum atomic E-state index is -1.05. The number of nitrogens with zero attached hydrogens (tertiary/aromatic N) is 1. The Bertz CT molecular complexity index is 714. The van der Waals surface area contributed by atoms with E-state index in [4.69, 9.17) is 9.47 Å². The highest BCUT2D eigenvalue weighted by Gasteiger charge is 2.43. The fourth-order valence-corrected chi connectivity index (χ4v) is 3.15. The largest absolute Gasteiger partial charge is 0.488 e. The summed E-state index contributed by atoms with van der Waals surface area (Å²) in [7, 11) is 0. The van der Waals surface area contributed by atoms with Crippen molar-refractivity contribution in [3.05, 3.63) is 29.3 Å². The number of aliphatic carboxylic acids is 1. The van der Waals surface area contributed by atoms with Gasteiger partial charge in [0.25, 0.3) is 0 Å². The number of rotatable bonds is 3. The average Bonchev–Trinajstić information content (AvgIpc) is 2.90. The molecule has 2 atom stereocenters. The van der Waals surface area contributed by atoms with Crippen LogP contribution in [0.1, 0.15) is 59.1 Å². The molecule has 1 aromatic carbocycles. The minimum absolute atomic E-state index is 0.114. The van der Waals surface area contributed by atoms with Crippen LogP contribution in [0.25, 0.3) is 0 Å². The summed E-state index contributed by atoms with van der Waals surface area (Å²) in [6, 6.07) is 5.03. The number of amides is 1. The van der Waals surface area contributed by atoms with E-state index in [1.165, 1.54) is 4.90 Å². The lowest BCUT2D eigenvalue weighted by atomic mass is 9.85. The molecule has 1 N–H and O–H groups in total. The summed E-state index contributed by atoms with van der Waals surface area (Å²) in [5, 5.41) is 9.53. The number of carbonyl (C=O) groups is 2. The molecule has 0 aromatic heterocycles. The number of likely N-dealkylation sites (tertiary alicyclic amines) is 1. The first-order chi connectivity index (χ1) is 12.3. The van der Waals surface area contributed by atoms with E-state index in [1.54, 1.807) is 20.8 Å². The number of benzene rings is 1. The molecule has 1 heterocycles. The van der Waals surface area contributed by atoms with Gasteiger partial charge in [-0.2, -0.15) is 0 Å². The van der Waals surface area contributed by atoms with Crippen molar-refractivity contribution < 1.29 is 24.2 Å². The van der Waals surface area contributed by atoms with Gasteiger partial charge < -0.3 is 14.6 Å². The van der Waals surface area contributed by atoms with Crippen LogP contribution in [-0.4, -0.2) is 46.4 Å².